The lowest BCUT2D eigenvalue weighted by Gasteiger charge is -2.47. The van der Waals surface area contributed by atoms with Crippen molar-refractivity contribution in [2.24, 2.45) is 0 Å². The highest BCUT2D eigenvalue weighted by Gasteiger charge is 2.51. The van der Waals surface area contributed by atoms with Crippen molar-refractivity contribution in [3.05, 3.63) is 52.5 Å². The molecular weight excluding hydrogens is 328 g/mol. The van der Waals surface area contributed by atoms with Gasteiger partial charge in [-0.05, 0) is 29.5 Å². The average Bonchev–Trinajstić information content (AvgIpc) is 3.22. The summed E-state index contributed by atoms with van der Waals surface area (Å²) < 4.78 is 6.24. The second kappa shape index (κ2) is 6.26. The van der Waals surface area contributed by atoms with Gasteiger partial charge in [-0.3, -0.25) is 9.78 Å². The van der Waals surface area contributed by atoms with E-state index in [-0.39, 0.29) is 16.8 Å². The second-order valence-corrected chi connectivity index (χ2v) is 8.43. The number of thiophene rings is 1. The van der Waals surface area contributed by atoms with Gasteiger partial charge in [0.2, 0.25) is 0 Å². The maximum absolute atomic E-state index is 12.3. The first-order valence-electron chi connectivity index (χ1n) is 7.70. The van der Waals surface area contributed by atoms with E-state index in [1.54, 1.807) is 17.5 Å². The lowest BCUT2D eigenvalue weighted by atomic mass is 9.92. The van der Waals surface area contributed by atoms with Crippen LogP contribution in [0, 0.1) is 0 Å². The van der Waals surface area contributed by atoms with Crippen LogP contribution in [0.25, 0.3) is 0 Å². The molecule has 4 rings (SSSR count). The van der Waals surface area contributed by atoms with Gasteiger partial charge in [0, 0.05) is 36.6 Å². The SMILES string of the molecule is O=C(c1ccsc1)N1CC2(CC(OCc3cccnc3)CS2)C1. The molecule has 1 unspecified atom stereocenters. The third kappa shape index (κ3) is 3.16. The van der Waals surface area contributed by atoms with E-state index >= 15 is 0 Å². The highest BCUT2D eigenvalue weighted by atomic mass is 32.2. The number of nitrogens with zero attached hydrogens (tertiary/aromatic N) is 2. The summed E-state index contributed by atoms with van der Waals surface area (Å²) in [6.07, 6.45) is 4.93. The number of rotatable bonds is 4. The molecule has 2 aromatic heterocycles. The van der Waals surface area contributed by atoms with Crippen LogP contribution in [0.1, 0.15) is 22.3 Å². The molecule has 0 saturated carbocycles. The van der Waals surface area contributed by atoms with Crippen molar-refractivity contribution >= 4 is 29.0 Å². The summed E-state index contributed by atoms with van der Waals surface area (Å²) in [5, 5.41) is 3.88. The van der Waals surface area contributed by atoms with E-state index in [0.29, 0.717) is 6.61 Å². The maximum atomic E-state index is 12.3. The van der Waals surface area contributed by atoms with E-state index in [1.165, 1.54) is 0 Å². The molecule has 0 radical (unpaired) electrons. The number of hydrogen-bond acceptors (Lipinski definition) is 5. The first kappa shape index (κ1) is 15.2. The van der Waals surface area contributed by atoms with E-state index in [0.717, 1.165) is 36.4 Å². The predicted octanol–water partition coefficient (Wildman–Crippen LogP) is 3.06. The van der Waals surface area contributed by atoms with Crippen molar-refractivity contribution in [3.8, 4) is 0 Å². The number of hydrogen-bond donors (Lipinski definition) is 0. The fourth-order valence-electron chi connectivity index (χ4n) is 3.19. The van der Waals surface area contributed by atoms with E-state index in [2.05, 4.69) is 4.98 Å². The van der Waals surface area contributed by atoms with Crippen LogP contribution in [0.3, 0.4) is 0 Å². The molecule has 0 bridgehead atoms. The molecule has 4 heterocycles. The Hall–Kier alpha value is -1.37. The van der Waals surface area contributed by atoms with Gasteiger partial charge in [0.25, 0.3) is 5.91 Å². The van der Waals surface area contributed by atoms with E-state index in [4.69, 9.17) is 4.74 Å². The van der Waals surface area contributed by atoms with Crippen molar-refractivity contribution in [1.29, 1.82) is 0 Å². The predicted molar refractivity (Wildman–Crippen MR) is 92.8 cm³/mol. The van der Waals surface area contributed by atoms with Crippen molar-refractivity contribution < 1.29 is 9.53 Å². The van der Waals surface area contributed by atoms with Gasteiger partial charge in [0.1, 0.15) is 0 Å². The Kier molecular flexibility index (Phi) is 4.13. The highest BCUT2D eigenvalue weighted by Crippen LogP contribution is 2.46. The van der Waals surface area contributed by atoms with Gasteiger partial charge < -0.3 is 9.64 Å². The molecule has 1 amide bonds. The Morgan fingerprint density at radius 1 is 1.43 bits per heavy atom. The van der Waals surface area contributed by atoms with Gasteiger partial charge in [-0.1, -0.05) is 6.07 Å². The number of amides is 1. The van der Waals surface area contributed by atoms with Crippen LogP contribution in [-0.2, 0) is 11.3 Å². The van der Waals surface area contributed by atoms with Crippen LogP contribution >= 0.6 is 23.1 Å². The number of thioether (sulfide) groups is 1. The molecule has 0 aliphatic carbocycles. The number of carbonyl (C=O) groups excluding carboxylic acids is 1. The minimum Gasteiger partial charge on any atom is -0.373 e. The standard InChI is InChI=1S/C17H18N2O2S2/c20-16(14-3-5-22-9-14)19-11-17(12-19)6-15(10-23-17)21-8-13-2-1-4-18-7-13/h1-5,7,9,15H,6,8,10-12H2. The van der Waals surface area contributed by atoms with Gasteiger partial charge in [-0.15, -0.1) is 11.8 Å². The Balaban J connectivity index is 1.27. The Bertz CT molecular complexity index is 669. The number of ether oxygens (including phenoxy) is 1. The molecule has 2 aromatic rings. The monoisotopic (exact) mass is 346 g/mol. The summed E-state index contributed by atoms with van der Waals surface area (Å²) in [6, 6.07) is 5.87. The summed E-state index contributed by atoms with van der Waals surface area (Å²) in [7, 11) is 0. The molecule has 2 aliphatic heterocycles. The van der Waals surface area contributed by atoms with Crippen LogP contribution in [0.2, 0.25) is 0 Å². The van der Waals surface area contributed by atoms with Crippen molar-refractivity contribution in [3.63, 3.8) is 0 Å². The molecule has 0 aromatic carbocycles. The van der Waals surface area contributed by atoms with Gasteiger partial charge in [-0.2, -0.15) is 11.3 Å². The van der Waals surface area contributed by atoms with Crippen LogP contribution < -0.4 is 0 Å². The summed E-state index contributed by atoms with van der Waals surface area (Å²) >= 11 is 3.53. The Morgan fingerprint density at radius 3 is 3.09 bits per heavy atom. The number of likely N-dealkylation sites (tertiary alicyclic amines) is 1. The molecule has 2 saturated heterocycles. The molecule has 2 aliphatic rings. The minimum absolute atomic E-state index is 0.164. The zero-order valence-corrected chi connectivity index (χ0v) is 14.3. The van der Waals surface area contributed by atoms with Crippen molar-refractivity contribution in [2.75, 3.05) is 18.8 Å². The van der Waals surface area contributed by atoms with Gasteiger partial charge >= 0.3 is 0 Å². The smallest absolute Gasteiger partial charge is 0.254 e. The summed E-state index contributed by atoms with van der Waals surface area (Å²) in [4.78, 5) is 18.4. The maximum Gasteiger partial charge on any atom is 0.254 e. The molecule has 0 N–H and O–H groups in total. The van der Waals surface area contributed by atoms with Gasteiger partial charge in [-0.25, -0.2) is 0 Å². The van der Waals surface area contributed by atoms with E-state index in [9.17, 15) is 4.79 Å². The molecule has 1 atom stereocenters. The number of carbonyl (C=O) groups is 1. The van der Waals surface area contributed by atoms with E-state index < -0.39 is 0 Å². The average molecular weight is 346 g/mol. The van der Waals surface area contributed by atoms with Gasteiger partial charge in [0.15, 0.2) is 0 Å². The van der Waals surface area contributed by atoms with Crippen LogP contribution in [0.4, 0.5) is 0 Å². The molecule has 120 valence electrons. The van der Waals surface area contributed by atoms with Gasteiger partial charge in [0.05, 0.1) is 23.0 Å². The van der Waals surface area contributed by atoms with Crippen LogP contribution in [0.5, 0.6) is 0 Å². The Labute approximate surface area is 143 Å². The fraction of sp³-hybridized carbons (Fsp3) is 0.412. The quantitative estimate of drug-likeness (QED) is 0.853. The molecular formula is C17H18N2O2S2. The molecule has 2 fully saturated rings. The minimum atomic E-state index is 0.164. The number of aromatic nitrogens is 1. The zero-order chi connectivity index (χ0) is 15.7. The number of pyridine rings is 1. The first-order valence-corrected chi connectivity index (χ1v) is 9.63. The Morgan fingerprint density at radius 2 is 2.35 bits per heavy atom. The molecule has 4 nitrogen and oxygen atoms in total. The zero-order valence-electron chi connectivity index (χ0n) is 12.7. The summed E-state index contributed by atoms with van der Waals surface area (Å²) in [5.74, 6) is 1.18. The van der Waals surface area contributed by atoms with Crippen LogP contribution in [-0.4, -0.2) is 45.5 Å². The largest absolute Gasteiger partial charge is 0.373 e. The third-order valence-electron chi connectivity index (χ3n) is 4.40. The third-order valence-corrected chi connectivity index (χ3v) is 6.66. The lowest BCUT2D eigenvalue weighted by Crippen LogP contribution is -2.60. The topological polar surface area (TPSA) is 42.4 Å². The summed E-state index contributed by atoms with van der Waals surface area (Å²) in [5.41, 5.74) is 1.93. The molecule has 1 spiro atoms. The van der Waals surface area contributed by atoms with Crippen LogP contribution in [0.15, 0.2) is 41.4 Å². The fourth-order valence-corrected chi connectivity index (χ4v) is 5.37. The van der Waals surface area contributed by atoms with E-state index in [1.807, 2.05) is 51.8 Å². The second-order valence-electron chi connectivity index (χ2n) is 6.17. The van der Waals surface area contributed by atoms with Crippen molar-refractivity contribution in [1.82, 2.24) is 9.88 Å². The molecule has 23 heavy (non-hydrogen) atoms. The summed E-state index contributed by atoms with van der Waals surface area (Å²) in [6.45, 7) is 2.31. The first-order chi connectivity index (χ1) is 11.2. The van der Waals surface area contributed by atoms with Crippen molar-refractivity contribution in [2.45, 2.75) is 23.9 Å². The normalized spacial score (nSPS) is 22.3. The molecule has 6 heteroatoms. The lowest BCUT2D eigenvalue weighted by molar-refractivity contribution is 0.0255. The highest BCUT2D eigenvalue weighted by molar-refractivity contribution is 8.01.